The molecule has 0 saturated carbocycles. The van der Waals surface area contributed by atoms with Crippen LogP contribution in [0, 0.1) is 11.8 Å². The standard InChI is InChI=1S/C19H24N2O7/c1-27-12-7-5-11(6-8-12)15-14(19(26)28-2)13(17(22)23)16(18(24)25)21(15)20-9-3-4-10-20/h5-8,13-16H,3-4,9-10H2,1-2H3,(H,22,23)(H,24,25). The number of carboxylic acids is 2. The fraction of sp³-hybridized carbons (Fsp3) is 0.526. The molecule has 4 unspecified atom stereocenters. The van der Waals surface area contributed by atoms with Crippen LogP contribution in [0.3, 0.4) is 0 Å². The van der Waals surface area contributed by atoms with Crippen molar-refractivity contribution in [2.24, 2.45) is 11.8 Å². The van der Waals surface area contributed by atoms with Crippen LogP contribution in [0.5, 0.6) is 5.75 Å². The fourth-order valence-corrected chi connectivity index (χ4v) is 4.31. The zero-order valence-electron chi connectivity index (χ0n) is 15.8. The molecule has 0 aliphatic carbocycles. The summed E-state index contributed by atoms with van der Waals surface area (Å²) in [6.07, 6.45) is 1.75. The Bertz CT molecular complexity index is 745. The average molecular weight is 392 g/mol. The predicted octanol–water partition coefficient (Wildman–Crippen LogP) is 1.01. The van der Waals surface area contributed by atoms with Gasteiger partial charge in [0.15, 0.2) is 0 Å². The van der Waals surface area contributed by atoms with Gasteiger partial charge in [-0.3, -0.25) is 14.4 Å². The van der Waals surface area contributed by atoms with Gasteiger partial charge in [0.25, 0.3) is 0 Å². The summed E-state index contributed by atoms with van der Waals surface area (Å²) in [5.41, 5.74) is 0.637. The van der Waals surface area contributed by atoms with Crippen molar-refractivity contribution in [3.05, 3.63) is 29.8 Å². The Morgan fingerprint density at radius 2 is 1.57 bits per heavy atom. The lowest BCUT2D eigenvalue weighted by molar-refractivity contribution is -0.160. The number of nitrogens with zero attached hydrogens (tertiary/aromatic N) is 2. The third-order valence-electron chi connectivity index (χ3n) is 5.52. The summed E-state index contributed by atoms with van der Waals surface area (Å²) < 4.78 is 10.1. The van der Waals surface area contributed by atoms with Gasteiger partial charge in [-0.2, -0.15) is 0 Å². The molecule has 0 spiro atoms. The molecule has 4 atom stereocenters. The fourth-order valence-electron chi connectivity index (χ4n) is 4.31. The molecule has 3 rings (SSSR count). The zero-order valence-corrected chi connectivity index (χ0v) is 15.8. The van der Waals surface area contributed by atoms with Crippen LogP contribution in [-0.4, -0.2) is 71.5 Å². The van der Waals surface area contributed by atoms with Crippen molar-refractivity contribution in [3.63, 3.8) is 0 Å². The minimum Gasteiger partial charge on any atom is -0.497 e. The first-order valence-electron chi connectivity index (χ1n) is 9.11. The molecule has 0 amide bonds. The first kappa shape index (κ1) is 20.1. The highest BCUT2D eigenvalue weighted by atomic mass is 16.5. The second-order valence-electron chi connectivity index (χ2n) is 6.95. The highest BCUT2D eigenvalue weighted by Gasteiger charge is 2.61. The monoisotopic (exact) mass is 392 g/mol. The van der Waals surface area contributed by atoms with Crippen LogP contribution in [0.15, 0.2) is 24.3 Å². The molecule has 0 bridgehead atoms. The molecule has 152 valence electrons. The van der Waals surface area contributed by atoms with Crippen molar-refractivity contribution in [2.75, 3.05) is 27.3 Å². The molecular formula is C19H24N2O7. The maximum Gasteiger partial charge on any atom is 0.323 e. The van der Waals surface area contributed by atoms with Crippen LogP contribution in [0.4, 0.5) is 0 Å². The molecular weight excluding hydrogens is 368 g/mol. The van der Waals surface area contributed by atoms with Crippen molar-refractivity contribution < 1.29 is 34.1 Å². The second kappa shape index (κ2) is 8.15. The van der Waals surface area contributed by atoms with Gasteiger partial charge in [0, 0.05) is 13.1 Å². The van der Waals surface area contributed by atoms with Gasteiger partial charge in [-0.05, 0) is 30.5 Å². The number of carbonyl (C=O) groups is 3. The minimum atomic E-state index is -1.43. The van der Waals surface area contributed by atoms with E-state index in [0.29, 0.717) is 24.4 Å². The highest BCUT2D eigenvalue weighted by Crippen LogP contribution is 2.47. The molecule has 28 heavy (non-hydrogen) atoms. The number of hydrazine groups is 1. The molecule has 2 aliphatic heterocycles. The smallest absolute Gasteiger partial charge is 0.323 e. The van der Waals surface area contributed by atoms with E-state index in [9.17, 15) is 24.6 Å². The van der Waals surface area contributed by atoms with Crippen molar-refractivity contribution in [1.82, 2.24) is 10.0 Å². The molecule has 0 aromatic heterocycles. The Hall–Kier alpha value is -2.65. The number of rotatable bonds is 6. The lowest BCUT2D eigenvalue weighted by Crippen LogP contribution is -2.50. The average Bonchev–Trinajstić information content (AvgIpc) is 3.32. The molecule has 0 radical (unpaired) electrons. The summed E-state index contributed by atoms with van der Waals surface area (Å²) in [6.45, 7) is 1.22. The van der Waals surface area contributed by atoms with Crippen molar-refractivity contribution in [3.8, 4) is 5.75 Å². The lowest BCUT2D eigenvalue weighted by atomic mass is 9.84. The number of hydrogen-bond donors (Lipinski definition) is 2. The number of carboxylic acid groups (broad SMARTS) is 2. The third-order valence-corrected chi connectivity index (χ3v) is 5.52. The number of aliphatic carboxylic acids is 2. The van der Waals surface area contributed by atoms with Gasteiger partial charge in [0.2, 0.25) is 0 Å². The Kier molecular flexibility index (Phi) is 5.85. The minimum absolute atomic E-state index is 0.605. The number of carbonyl (C=O) groups excluding carboxylic acids is 1. The molecule has 2 fully saturated rings. The topological polar surface area (TPSA) is 117 Å². The van der Waals surface area contributed by atoms with Crippen molar-refractivity contribution >= 4 is 17.9 Å². The number of hydrogen-bond acceptors (Lipinski definition) is 7. The summed E-state index contributed by atoms with van der Waals surface area (Å²) >= 11 is 0. The molecule has 2 N–H and O–H groups in total. The Morgan fingerprint density at radius 3 is 2.04 bits per heavy atom. The summed E-state index contributed by atoms with van der Waals surface area (Å²) in [7, 11) is 2.71. The van der Waals surface area contributed by atoms with Gasteiger partial charge in [-0.15, -0.1) is 0 Å². The number of methoxy groups -OCH3 is 2. The van der Waals surface area contributed by atoms with E-state index in [-0.39, 0.29) is 0 Å². The van der Waals surface area contributed by atoms with Crippen LogP contribution >= 0.6 is 0 Å². The molecule has 2 aliphatic rings. The molecule has 2 heterocycles. The number of benzene rings is 1. The highest BCUT2D eigenvalue weighted by molar-refractivity contribution is 5.89. The SMILES string of the molecule is COC(=O)C1C(C(=O)O)C(C(=O)O)N(N2CCCC2)C1c1ccc(OC)cc1. The van der Waals surface area contributed by atoms with Gasteiger partial charge in [-0.1, -0.05) is 12.1 Å². The number of esters is 1. The summed E-state index contributed by atoms with van der Waals surface area (Å²) in [5, 5.41) is 23.1. The van der Waals surface area contributed by atoms with Gasteiger partial charge >= 0.3 is 17.9 Å². The largest absolute Gasteiger partial charge is 0.497 e. The van der Waals surface area contributed by atoms with Gasteiger partial charge in [-0.25, -0.2) is 10.0 Å². The van der Waals surface area contributed by atoms with Gasteiger partial charge in [0.05, 0.1) is 32.1 Å². The first-order valence-corrected chi connectivity index (χ1v) is 9.11. The number of ether oxygens (including phenoxy) is 2. The van der Waals surface area contributed by atoms with E-state index in [4.69, 9.17) is 9.47 Å². The molecule has 9 nitrogen and oxygen atoms in total. The van der Waals surface area contributed by atoms with E-state index in [1.165, 1.54) is 14.2 Å². The zero-order chi connectivity index (χ0) is 20.4. The van der Waals surface area contributed by atoms with Gasteiger partial charge < -0.3 is 19.7 Å². The van der Waals surface area contributed by atoms with Crippen molar-refractivity contribution in [2.45, 2.75) is 24.9 Å². The molecule has 1 aromatic carbocycles. The summed E-state index contributed by atoms with van der Waals surface area (Å²) in [6, 6.07) is 4.73. The third kappa shape index (κ3) is 3.43. The first-order chi connectivity index (χ1) is 13.4. The van der Waals surface area contributed by atoms with Crippen LogP contribution < -0.4 is 4.74 Å². The second-order valence-corrected chi connectivity index (χ2v) is 6.95. The Morgan fingerprint density at radius 1 is 0.964 bits per heavy atom. The Balaban J connectivity index is 2.15. The predicted molar refractivity (Wildman–Crippen MR) is 96.4 cm³/mol. The molecule has 2 saturated heterocycles. The van der Waals surface area contributed by atoms with Crippen LogP contribution in [0.2, 0.25) is 0 Å². The van der Waals surface area contributed by atoms with E-state index in [1.54, 1.807) is 29.3 Å². The summed E-state index contributed by atoms with van der Waals surface area (Å²) in [4.78, 5) is 36.8. The summed E-state index contributed by atoms with van der Waals surface area (Å²) in [5.74, 6) is -5.32. The lowest BCUT2D eigenvalue weighted by Gasteiger charge is -2.37. The van der Waals surface area contributed by atoms with Crippen molar-refractivity contribution in [1.29, 1.82) is 0 Å². The normalized spacial score (nSPS) is 28.2. The Labute approximate surface area is 162 Å². The van der Waals surface area contributed by atoms with Gasteiger partial charge in [0.1, 0.15) is 11.8 Å². The maximum atomic E-state index is 12.6. The quantitative estimate of drug-likeness (QED) is 0.684. The van der Waals surface area contributed by atoms with E-state index >= 15 is 0 Å². The van der Waals surface area contributed by atoms with E-state index < -0.39 is 41.8 Å². The maximum absolute atomic E-state index is 12.6. The van der Waals surface area contributed by atoms with E-state index in [1.807, 2.05) is 5.01 Å². The molecule has 1 aromatic rings. The van der Waals surface area contributed by atoms with Crippen LogP contribution in [0.1, 0.15) is 24.4 Å². The molecule has 9 heteroatoms. The van der Waals surface area contributed by atoms with Crippen LogP contribution in [0.25, 0.3) is 0 Å². The van der Waals surface area contributed by atoms with Crippen LogP contribution in [-0.2, 0) is 19.1 Å². The van der Waals surface area contributed by atoms with E-state index in [0.717, 1.165) is 12.8 Å². The van der Waals surface area contributed by atoms with E-state index in [2.05, 4.69) is 0 Å².